The third kappa shape index (κ3) is 3.05. The molecule has 3 aromatic rings. The highest BCUT2D eigenvalue weighted by Gasteiger charge is 2.46. The third-order valence-corrected chi connectivity index (χ3v) is 7.33. The van der Waals surface area contributed by atoms with Crippen molar-refractivity contribution in [3.05, 3.63) is 83.2 Å². The highest BCUT2D eigenvalue weighted by molar-refractivity contribution is 8.14. The Labute approximate surface area is 180 Å². The molecule has 4 heterocycles. The number of pyridine rings is 1. The standard InChI is InChI=1S/C24H25FN4S/c1-4-18-14-30-24-27-22(21-7-5-6-12-26-21)23(29(18)24)20-13-15(2)28(16(20)3)19-10-8-17(25)9-11-19/h5-13,18,22-23H,4,14H2,1-3H3. The molecule has 3 unspecified atom stereocenters. The Kier molecular flexibility index (Phi) is 4.89. The maximum absolute atomic E-state index is 13.5. The minimum absolute atomic E-state index is 0.0229. The van der Waals surface area contributed by atoms with Crippen molar-refractivity contribution in [3.63, 3.8) is 0 Å². The Balaban J connectivity index is 1.63. The van der Waals surface area contributed by atoms with Gasteiger partial charge in [-0.1, -0.05) is 24.8 Å². The SMILES string of the molecule is CCC1CSC2=NC(c3ccccn3)C(c3cc(C)n(-c4ccc(F)cc4)c3C)N21. The lowest BCUT2D eigenvalue weighted by Gasteiger charge is -2.32. The smallest absolute Gasteiger partial charge is 0.160 e. The predicted octanol–water partition coefficient (Wildman–Crippen LogP) is 5.61. The van der Waals surface area contributed by atoms with Crippen molar-refractivity contribution < 1.29 is 4.39 Å². The molecular weight excluding hydrogens is 395 g/mol. The molecule has 0 aliphatic carbocycles. The van der Waals surface area contributed by atoms with E-state index in [0.717, 1.165) is 34.4 Å². The number of hydrogen-bond donors (Lipinski definition) is 0. The highest BCUT2D eigenvalue weighted by atomic mass is 32.2. The van der Waals surface area contributed by atoms with E-state index in [1.165, 1.54) is 23.4 Å². The van der Waals surface area contributed by atoms with Gasteiger partial charge >= 0.3 is 0 Å². The summed E-state index contributed by atoms with van der Waals surface area (Å²) in [6.45, 7) is 6.52. The maximum atomic E-state index is 13.5. The van der Waals surface area contributed by atoms with Gasteiger partial charge in [-0.2, -0.15) is 0 Å². The first-order chi connectivity index (χ1) is 14.6. The van der Waals surface area contributed by atoms with Crippen molar-refractivity contribution in [2.24, 2.45) is 4.99 Å². The first-order valence-corrected chi connectivity index (χ1v) is 11.4. The zero-order valence-electron chi connectivity index (χ0n) is 17.4. The number of fused-ring (bicyclic) bond motifs is 1. The van der Waals surface area contributed by atoms with Crippen LogP contribution in [0.1, 0.15) is 48.1 Å². The van der Waals surface area contributed by atoms with E-state index >= 15 is 0 Å². The molecule has 30 heavy (non-hydrogen) atoms. The number of halogens is 1. The molecule has 154 valence electrons. The molecule has 2 aliphatic rings. The van der Waals surface area contributed by atoms with E-state index in [-0.39, 0.29) is 17.9 Å². The normalized spacial score (nSPS) is 23.0. The van der Waals surface area contributed by atoms with Gasteiger partial charge in [-0.25, -0.2) is 4.39 Å². The largest absolute Gasteiger partial charge is 0.338 e. The van der Waals surface area contributed by atoms with E-state index in [0.29, 0.717) is 6.04 Å². The van der Waals surface area contributed by atoms with Crippen LogP contribution < -0.4 is 0 Å². The fourth-order valence-corrected chi connectivity index (χ4v) is 6.10. The van der Waals surface area contributed by atoms with E-state index in [2.05, 4.69) is 47.4 Å². The molecule has 4 nitrogen and oxygen atoms in total. The van der Waals surface area contributed by atoms with Gasteiger partial charge in [0.05, 0.1) is 11.7 Å². The van der Waals surface area contributed by atoms with Crippen LogP contribution in [0.2, 0.25) is 0 Å². The van der Waals surface area contributed by atoms with Crippen LogP contribution in [0.25, 0.3) is 5.69 Å². The van der Waals surface area contributed by atoms with Gasteiger partial charge in [0.1, 0.15) is 11.9 Å². The quantitative estimate of drug-likeness (QED) is 0.550. The summed E-state index contributed by atoms with van der Waals surface area (Å²) in [5, 5.41) is 1.13. The van der Waals surface area contributed by atoms with Crippen molar-refractivity contribution >= 4 is 16.9 Å². The van der Waals surface area contributed by atoms with Crippen LogP contribution in [0.5, 0.6) is 0 Å². The average molecular weight is 421 g/mol. The van der Waals surface area contributed by atoms with E-state index in [9.17, 15) is 4.39 Å². The zero-order valence-corrected chi connectivity index (χ0v) is 18.2. The van der Waals surface area contributed by atoms with Gasteiger partial charge in [0.2, 0.25) is 0 Å². The van der Waals surface area contributed by atoms with Gasteiger partial charge < -0.3 is 9.47 Å². The number of rotatable bonds is 4. The van der Waals surface area contributed by atoms with Crippen LogP contribution in [0.15, 0.2) is 59.7 Å². The number of nitrogens with zero attached hydrogens (tertiary/aromatic N) is 4. The predicted molar refractivity (Wildman–Crippen MR) is 121 cm³/mol. The third-order valence-electron chi connectivity index (χ3n) is 6.20. The van der Waals surface area contributed by atoms with Gasteiger partial charge in [0.15, 0.2) is 5.17 Å². The summed E-state index contributed by atoms with van der Waals surface area (Å²) in [5.74, 6) is 0.864. The van der Waals surface area contributed by atoms with E-state index in [1.54, 1.807) is 0 Å². The molecule has 0 amide bonds. The van der Waals surface area contributed by atoms with Crippen molar-refractivity contribution in [1.29, 1.82) is 0 Å². The van der Waals surface area contributed by atoms with Crippen LogP contribution in [-0.4, -0.2) is 31.4 Å². The Bertz CT molecular complexity index is 1090. The Hall–Kier alpha value is -2.60. The Morgan fingerprint density at radius 3 is 2.63 bits per heavy atom. The lowest BCUT2D eigenvalue weighted by atomic mass is 9.95. The molecule has 2 aromatic heterocycles. The summed E-state index contributed by atoms with van der Waals surface area (Å²) in [6, 6.07) is 15.6. The molecule has 1 fully saturated rings. The Morgan fingerprint density at radius 1 is 1.13 bits per heavy atom. The summed E-state index contributed by atoms with van der Waals surface area (Å²) in [4.78, 5) is 12.3. The van der Waals surface area contributed by atoms with Crippen molar-refractivity contribution in [2.75, 3.05) is 5.75 Å². The van der Waals surface area contributed by atoms with E-state index < -0.39 is 0 Å². The second-order valence-corrected chi connectivity index (χ2v) is 8.96. The number of aromatic nitrogens is 2. The van der Waals surface area contributed by atoms with Crippen LogP contribution in [0.3, 0.4) is 0 Å². The van der Waals surface area contributed by atoms with Crippen molar-refractivity contribution in [1.82, 2.24) is 14.5 Å². The second-order valence-electron chi connectivity index (χ2n) is 7.97. The summed E-state index contributed by atoms with van der Waals surface area (Å²) in [5.41, 5.74) is 5.57. The van der Waals surface area contributed by atoms with Gasteiger partial charge in [-0.05, 0) is 68.3 Å². The fourth-order valence-electron chi connectivity index (χ4n) is 4.76. The summed E-state index contributed by atoms with van der Waals surface area (Å²) in [7, 11) is 0. The number of benzene rings is 1. The van der Waals surface area contributed by atoms with E-state index in [4.69, 9.17) is 4.99 Å². The average Bonchev–Trinajstić information content (AvgIpc) is 3.41. The number of amidine groups is 1. The van der Waals surface area contributed by atoms with E-state index in [1.807, 2.05) is 42.2 Å². The van der Waals surface area contributed by atoms with Gasteiger partial charge in [0, 0.05) is 35.1 Å². The molecule has 0 spiro atoms. The maximum Gasteiger partial charge on any atom is 0.160 e. The van der Waals surface area contributed by atoms with Crippen LogP contribution in [0, 0.1) is 19.7 Å². The first kappa shape index (κ1) is 19.4. The molecule has 2 aliphatic heterocycles. The molecule has 0 radical (unpaired) electrons. The molecule has 3 atom stereocenters. The first-order valence-electron chi connectivity index (χ1n) is 10.4. The van der Waals surface area contributed by atoms with Crippen LogP contribution in [-0.2, 0) is 0 Å². The lowest BCUT2D eigenvalue weighted by Crippen LogP contribution is -2.35. The number of aliphatic imine (C=N–C) groups is 1. The minimum Gasteiger partial charge on any atom is -0.338 e. The Morgan fingerprint density at radius 2 is 1.93 bits per heavy atom. The molecule has 0 bridgehead atoms. The topological polar surface area (TPSA) is 33.4 Å². The summed E-state index contributed by atoms with van der Waals surface area (Å²) < 4.78 is 15.7. The summed E-state index contributed by atoms with van der Waals surface area (Å²) in [6.07, 6.45) is 2.94. The molecule has 1 saturated heterocycles. The monoisotopic (exact) mass is 420 g/mol. The number of thioether (sulfide) groups is 1. The van der Waals surface area contributed by atoms with Gasteiger partial charge in [-0.3, -0.25) is 9.98 Å². The number of hydrogen-bond acceptors (Lipinski definition) is 4. The van der Waals surface area contributed by atoms with Crippen molar-refractivity contribution in [3.8, 4) is 5.69 Å². The minimum atomic E-state index is -0.217. The van der Waals surface area contributed by atoms with Crippen LogP contribution in [0.4, 0.5) is 4.39 Å². The molecular formula is C24H25FN4S. The molecule has 6 heteroatoms. The molecule has 0 saturated carbocycles. The number of aryl methyl sites for hydroxylation is 1. The van der Waals surface area contributed by atoms with Gasteiger partial charge in [0.25, 0.3) is 0 Å². The fraction of sp³-hybridized carbons (Fsp3) is 0.333. The van der Waals surface area contributed by atoms with Gasteiger partial charge in [-0.15, -0.1) is 0 Å². The molecule has 5 rings (SSSR count). The zero-order chi connectivity index (χ0) is 20.8. The molecule has 0 N–H and O–H groups in total. The molecule has 1 aromatic carbocycles. The van der Waals surface area contributed by atoms with Crippen molar-refractivity contribution in [2.45, 2.75) is 45.3 Å². The lowest BCUT2D eigenvalue weighted by molar-refractivity contribution is 0.254. The highest BCUT2D eigenvalue weighted by Crippen LogP contribution is 2.49. The second kappa shape index (κ2) is 7.58. The van der Waals surface area contributed by atoms with Crippen LogP contribution >= 0.6 is 11.8 Å². The summed E-state index contributed by atoms with van der Waals surface area (Å²) >= 11 is 1.86.